The van der Waals surface area contributed by atoms with Crippen molar-refractivity contribution >= 4 is 14.0 Å². The fraction of sp³-hybridized carbons (Fsp3) is 0.444. The summed E-state index contributed by atoms with van der Waals surface area (Å²) in [6.45, 7) is 4.09. The molecule has 1 aliphatic heterocycles. The van der Waals surface area contributed by atoms with E-state index in [1.54, 1.807) is 0 Å². The van der Waals surface area contributed by atoms with Gasteiger partial charge in [0.15, 0.2) is 0 Å². The van der Waals surface area contributed by atoms with Gasteiger partial charge in [-0.1, -0.05) is 13.1 Å². The summed E-state index contributed by atoms with van der Waals surface area (Å²) in [6.07, 6.45) is 4.00. The van der Waals surface area contributed by atoms with Crippen LogP contribution in [0.1, 0.15) is 6.42 Å². The summed E-state index contributed by atoms with van der Waals surface area (Å²) >= 11 is 0. The molecule has 0 unspecified atom stereocenters. The largest absolute Gasteiger partial charge is 3.00 e. The number of hydrogen-bond donors (Lipinski definition) is 2. The van der Waals surface area contributed by atoms with Gasteiger partial charge in [0.05, 0.1) is 0 Å². The monoisotopic (exact) mass is 354 g/mol. The second-order valence-electron chi connectivity index (χ2n) is 3.91. The third-order valence-electron chi connectivity index (χ3n) is 2.72. The minimum atomic E-state index is -1.21. The van der Waals surface area contributed by atoms with Crippen molar-refractivity contribution < 1.29 is 60.9 Å². The maximum Gasteiger partial charge on any atom is 3.00 e. The molecule has 0 saturated carbocycles. The Bertz CT molecular complexity index is 355. The van der Waals surface area contributed by atoms with Gasteiger partial charge >= 0.3 is 26.2 Å². The Kier molecular flexibility index (Phi) is 7.70. The van der Waals surface area contributed by atoms with Gasteiger partial charge in [0, 0.05) is 8.07 Å². The Morgan fingerprint density at radius 1 is 1.50 bits per heavy atom. The van der Waals surface area contributed by atoms with E-state index in [1.165, 1.54) is 10.4 Å². The van der Waals surface area contributed by atoms with E-state index in [2.05, 4.69) is 24.5 Å². The third kappa shape index (κ3) is 3.08. The van der Waals surface area contributed by atoms with Crippen molar-refractivity contribution in [2.45, 2.75) is 19.5 Å². The van der Waals surface area contributed by atoms with Crippen LogP contribution in [-0.4, -0.2) is 25.7 Å². The van der Waals surface area contributed by atoms with Gasteiger partial charge in [-0.3, -0.25) is 4.79 Å². The van der Waals surface area contributed by atoms with E-state index >= 15 is 0 Å². The molecule has 87 valence electrons. The molecule has 3 nitrogen and oxygen atoms in total. The van der Waals surface area contributed by atoms with E-state index in [1.807, 2.05) is 0 Å². The van der Waals surface area contributed by atoms with E-state index in [9.17, 15) is 4.79 Å². The molecule has 0 bridgehead atoms. The zero-order valence-electron chi connectivity index (χ0n) is 9.03. The molecule has 0 spiro atoms. The van der Waals surface area contributed by atoms with Gasteiger partial charge in [-0.25, -0.2) is 6.08 Å². The molecule has 0 aromatic carbocycles. The Morgan fingerprint density at radius 3 is 2.44 bits per heavy atom. The molecule has 0 atom stereocenters. The van der Waals surface area contributed by atoms with Crippen molar-refractivity contribution in [3.8, 4) is 0 Å². The van der Waals surface area contributed by atoms with E-state index < -0.39 is 14.7 Å². The molecule has 16 heavy (non-hydrogen) atoms. The normalized spacial score (nSPS) is 18.3. The van der Waals surface area contributed by atoms with Crippen LogP contribution in [-0.2, 0) is 31.0 Å². The molecule has 0 saturated heterocycles. The van der Waals surface area contributed by atoms with Crippen LogP contribution < -0.4 is 30.1 Å². The van der Waals surface area contributed by atoms with E-state index in [-0.39, 0.29) is 56.9 Å². The number of halogens is 2. The fourth-order valence-electron chi connectivity index (χ4n) is 1.87. The van der Waals surface area contributed by atoms with Crippen LogP contribution in [0.3, 0.4) is 0 Å². The molecule has 0 fully saturated rings. The van der Waals surface area contributed by atoms with Crippen molar-refractivity contribution in [1.82, 2.24) is 5.32 Å². The third-order valence-corrected chi connectivity index (χ3v) is 6.21. The van der Waals surface area contributed by atoms with Gasteiger partial charge < -0.3 is 35.2 Å². The second kappa shape index (κ2) is 6.50. The molecule has 1 radical (unpaired) electrons. The SMILES string of the molecule is C[Si]1(C)C2=C1C(NC(=O)CO)=[C-]C2.[Cl-].[Cl-].[Zr+3]. The van der Waals surface area contributed by atoms with Crippen LogP contribution in [0.4, 0.5) is 0 Å². The number of aliphatic hydroxyl groups excluding tert-OH is 1. The van der Waals surface area contributed by atoms with Gasteiger partial charge in [-0.05, 0) is 0 Å². The quantitative estimate of drug-likeness (QED) is 0.383. The molecule has 1 heterocycles. The van der Waals surface area contributed by atoms with Crippen LogP contribution in [0, 0.1) is 6.08 Å². The Labute approximate surface area is 128 Å². The minimum Gasteiger partial charge on any atom is -1.00 e. The maximum absolute atomic E-state index is 10.9. The summed E-state index contributed by atoms with van der Waals surface area (Å²) in [7, 11) is -1.21. The number of amides is 1. The number of allylic oxidation sites excluding steroid dienone is 3. The first-order chi connectivity index (χ1) is 6.07. The summed E-state index contributed by atoms with van der Waals surface area (Å²) in [5.74, 6) is -0.340. The van der Waals surface area contributed by atoms with Gasteiger partial charge in [-0.2, -0.15) is 10.4 Å². The summed E-state index contributed by atoms with van der Waals surface area (Å²) in [6, 6.07) is 0. The standard InChI is InChI=1S/C9H12NO2Si.2ClH.Zr/c1-13(2)7-4-3-6(9(7)13)10-8(12)5-11;;;/h11H,4-5H2,1-2H3,(H,10,12);2*1H;/q-1;;;+3/p-2. The molecule has 0 aromatic rings. The summed E-state index contributed by atoms with van der Waals surface area (Å²) < 4.78 is 0. The van der Waals surface area contributed by atoms with E-state index in [4.69, 9.17) is 5.11 Å². The summed E-state index contributed by atoms with van der Waals surface area (Å²) in [5.41, 5.74) is 0.839. The van der Waals surface area contributed by atoms with Crippen molar-refractivity contribution in [3.63, 3.8) is 0 Å². The number of nitrogens with one attached hydrogen (secondary N) is 1. The van der Waals surface area contributed by atoms with Crippen LogP contribution >= 0.6 is 0 Å². The zero-order chi connectivity index (χ0) is 9.64. The van der Waals surface area contributed by atoms with Crippen molar-refractivity contribution in [3.05, 3.63) is 22.2 Å². The molecule has 2 N–H and O–H groups in total. The molecular weight excluding hydrogens is 344 g/mol. The van der Waals surface area contributed by atoms with Crippen molar-refractivity contribution in [1.29, 1.82) is 0 Å². The molecule has 1 aliphatic carbocycles. The maximum atomic E-state index is 10.9. The predicted molar refractivity (Wildman–Crippen MR) is 51.1 cm³/mol. The average Bonchev–Trinajstić information content (AvgIpc) is 2.48. The number of rotatable bonds is 2. The van der Waals surface area contributed by atoms with Crippen LogP contribution in [0.2, 0.25) is 13.1 Å². The van der Waals surface area contributed by atoms with Crippen LogP contribution in [0.5, 0.6) is 0 Å². The molecule has 2 aliphatic rings. The number of hydrogen-bond acceptors (Lipinski definition) is 2. The first-order valence-corrected chi connectivity index (χ1v) is 7.33. The number of carbonyl (C=O) groups is 1. The first kappa shape index (κ1) is 18.9. The van der Waals surface area contributed by atoms with E-state index in [0.29, 0.717) is 0 Å². The van der Waals surface area contributed by atoms with Crippen LogP contribution in [0.25, 0.3) is 0 Å². The summed E-state index contributed by atoms with van der Waals surface area (Å²) in [5, 5.41) is 14.1. The zero-order valence-corrected chi connectivity index (χ0v) is 14.0. The number of carbonyl (C=O) groups excluding carboxylic acids is 1. The van der Waals surface area contributed by atoms with Gasteiger partial charge in [0.25, 0.3) is 0 Å². The predicted octanol–water partition coefficient (Wildman–Crippen LogP) is -5.71. The van der Waals surface area contributed by atoms with Crippen molar-refractivity contribution in [2.75, 3.05) is 6.61 Å². The molecular formula is C9H12Cl2NO2SiZr. The molecule has 7 heteroatoms. The first-order valence-electron chi connectivity index (χ1n) is 4.33. The topological polar surface area (TPSA) is 49.3 Å². The fourth-order valence-corrected chi connectivity index (χ4v) is 5.23. The Balaban J connectivity index is 0. The molecule has 0 aromatic heterocycles. The summed E-state index contributed by atoms with van der Waals surface area (Å²) in [4.78, 5) is 10.9. The van der Waals surface area contributed by atoms with Gasteiger partial charge in [-0.15, -0.1) is 12.1 Å². The van der Waals surface area contributed by atoms with Gasteiger partial charge in [0.2, 0.25) is 5.91 Å². The Hall–Kier alpha value is 0.590. The number of aliphatic hydroxyl groups is 1. The van der Waals surface area contributed by atoms with E-state index in [0.717, 1.165) is 12.1 Å². The second-order valence-corrected chi connectivity index (χ2v) is 8.27. The van der Waals surface area contributed by atoms with Gasteiger partial charge in [0.1, 0.15) is 6.61 Å². The van der Waals surface area contributed by atoms with Crippen molar-refractivity contribution in [2.24, 2.45) is 0 Å². The Morgan fingerprint density at radius 2 is 2.06 bits per heavy atom. The smallest absolute Gasteiger partial charge is 1.00 e. The average molecular weight is 356 g/mol. The van der Waals surface area contributed by atoms with Crippen LogP contribution in [0.15, 0.2) is 16.1 Å². The minimum absolute atomic E-state index is 0. The molecule has 1 amide bonds. The molecule has 2 rings (SSSR count).